The molecule has 52 heavy (non-hydrogen) atoms. The van der Waals surface area contributed by atoms with Gasteiger partial charge in [0.15, 0.2) is 5.82 Å². The number of aromatic nitrogens is 5. The molecular formula is C47H29N5. The first-order valence-corrected chi connectivity index (χ1v) is 17.5. The minimum atomic E-state index is 0.749. The normalized spacial score (nSPS) is 11.8. The van der Waals surface area contributed by atoms with Gasteiger partial charge >= 0.3 is 0 Å². The zero-order valence-electron chi connectivity index (χ0n) is 28.0. The maximum atomic E-state index is 5.25. The first kappa shape index (κ1) is 28.7. The molecule has 0 saturated heterocycles. The Morgan fingerprint density at radius 3 is 1.85 bits per heavy atom. The fourth-order valence-electron chi connectivity index (χ4n) is 8.03. The smallest absolute Gasteiger partial charge is 0.166 e. The monoisotopic (exact) mass is 663 g/mol. The Morgan fingerprint density at radius 2 is 1.04 bits per heavy atom. The van der Waals surface area contributed by atoms with Crippen molar-refractivity contribution in [2.45, 2.75) is 0 Å². The van der Waals surface area contributed by atoms with Gasteiger partial charge in [-0.3, -0.25) is 9.55 Å². The van der Waals surface area contributed by atoms with Gasteiger partial charge < -0.3 is 4.57 Å². The molecule has 7 aromatic carbocycles. The summed E-state index contributed by atoms with van der Waals surface area (Å²) in [6, 6.07) is 60.1. The second kappa shape index (κ2) is 11.2. The molecule has 5 heteroatoms. The summed E-state index contributed by atoms with van der Waals surface area (Å²) in [5.41, 5.74) is 11.2. The molecule has 0 spiro atoms. The molecule has 0 aliphatic rings. The molecule has 0 bridgehead atoms. The molecule has 0 saturated carbocycles. The molecule has 0 atom stereocenters. The highest BCUT2D eigenvalue weighted by Gasteiger charge is 2.21. The van der Waals surface area contributed by atoms with Crippen LogP contribution < -0.4 is 0 Å². The average Bonchev–Trinajstić information content (AvgIpc) is 3.73. The lowest BCUT2D eigenvalue weighted by molar-refractivity contribution is 1.07. The second-order valence-corrected chi connectivity index (χ2v) is 13.3. The lowest BCUT2D eigenvalue weighted by atomic mass is 9.99. The molecule has 11 aromatic rings. The van der Waals surface area contributed by atoms with Crippen molar-refractivity contribution in [2.24, 2.45) is 0 Å². The predicted octanol–water partition coefficient (Wildman–Crippen LogP) is 11.7. The maximum Gasteiger partial charge on any atom is 0.166 e. The van der Waals surface area contributed by atoms with Gasteiger partial charge in [-0.1, -0.05) is 97.1 Å². The molecule has 0 aliphatic carbocycles. The second-order valence-electron chi connectivity index (χ2n) is 13.3. The van der Waals surface area contributed by atoms with E-state index in [4.69, 9.17) is 15.0 Å². The maximum absolute atomic E-state index is 5.25. The minimum absolute atomic E-state index is 0.749. The van der Waals surface area contributed by atoms with Gasteiger partial charge in [-0.15, -0.1) is 0 Å². The summed E-state index contributed by atoms with van der Waals surface area (Å²) < 4.78 is 4.64. The van der Waals surface area contributed by atoms with E-state index in [1.54, 1.807) is 0 Å². The Labute approximate surface area is 298 Å². The van der Waals surface area contributed by atoms with Crippen LogP contribution in [0.5, 0.6) is 0 Å². The minimum Gasteiger partial charge on any atom is -0.309 e. The number of rotatable bonds is 4. The lowest BCUT2D eigenvalue weighted by Gasteiger charge is -2.13. The average molecular weight is 664 g/mol. The van der Waals surface area contributed by atoms with Crippen molar-refractivity contribution in [3.8, 4) is 34.0 Å². The summed E-state index contributed by atoms with van der Waals surface area (Å²) in [5, 5.41) is 7.33. The summed E-state index contributed by atoms with van der Waals surface area (Å²) in [6.07, 6.45) is 1.81. The molecular weight excluding hydrogens is 635 g/mol. The van der Waals surface area contributed by atoms with Crippen molar-refractivity contribution in [1.82, 2.24) is 24.1 Å². The van der Waals surface area contributed by atoms with E-state index < -0.39 is 0 Å². The van der Waals surface area contributed by atoms with Crippen molar-refractivity contribution in [1.29, 1.82) is 0 Å². The summed E-state index contributed by atoms with van der Waals surface area (Å²) in [7, 11) is 0. The van der Waals surface area contributed by atoms with E-state index in [0.29, 0.717) is 0 Å². The highest BCUT2D eigenvalue weighted by Crippen LogP contribution is 2.41. The number of hydrogen-bond acceptors (Lipinski definition) is 3. The third kappa shape index (κ3) is 4.26. The van der Waals surface area contributed by atoms with Crippen LogP contribution in [0, 0.1) is 0 Å². The van der Waals surface area contributed by atoms with E-state index in [1.165, 1.54) is 38.1 Å². The van der Waals surface area contributed by atoms with Crippen LogP contribution in [0.2, 0.25) is 0 Å². The summed E-state index contributed by atoms with van der Waals surface area (Å²) in [4.78, 5) is 15.1. The highest BCUT2D eigenvalue weighted by atomic mass is 15.1. The fraction of sp³-hybridized carbons (Fsp3) is 0. The standard InChI is InChI=1S/C47H29N5/c1-2-13-33(14-3-1)51-43-25-23-32(29-37(43)45-34-15-5-4-12-30(34)21-26-44(45)51)31-22-24-42-36(28-31)35-16-6-9-20-41(35)52(42)47-46(40-19-10-11-27-48-40)49-38-17-7-8-18-39(38)50-47/h1-29H. The molecule has 0 unspecified atom stereocenters. The predicted molar refractivity (Wildman–Crippen MR) is 214 cm³/mol. The van der Waals surface area contributed by atoms with Crippen LogP contribution in [0.1, 0.15) is 0 Å². The molecule has 5 nitrogen and oxygen atoms in total. The molecule has 0 radical (unpaired) electrons. The molecule has 11 rings (SSSR count). The molecule has 4 aromatic heterocycles. The van der Waals surface area contributed by atoms with E-state index in [2.05, 4.69) is 137 Å². The van der Waals surface area contributed by atoms with E-state index >= 15 is 0 Å². The van der Waals surface area contributed by atoms with Gasteiger partial charge in [-0.05, 0) is 94.7 Å². The molecule has 242 valence electrons. The lowest BCUT2D eigenvalue weighted by Crippen LogP contribution is -2.04. The van der Waals surface area contributed by atoms with E-state index in [9.17, 15) is 0 Å². The highest BCUT2D eigenvalue weighted by molar-refractivity contribution is 6.22. The molecule has 0 N–H and O–H groups in total. The third-order valence-electron chi connectivity index (χ3n) is 10.3. The van der Waals surface area contributed by atoms with E-state index in [-0.39, 0.29) is 0 Å². The van der Waals surface area contributed by atoms with Crippen LogP contribution in [0.3, 0.4) is 0 Å². The Morgan fingerprint density at radius 1 is 0.404 bits per heavy atom. The number of fused-ring (bicyclic) bond motifs is 9. The number of nitrogens with zero attached hydrogens (tertiary/aromatic N) is 5. The van der Waals surface area contributed by atoms with Gasteiger partial charge in [-0.2, -0.15) is 0 Å². The summed E-state index contributed by atoms with van der Waals surface area (Å²) in [6.45, 7) is 0. The van der Waals surface area contributed by atoms with Crippen LogP contribution in [-0.4, -0.2) is 24.1 Å². The van der Waals surface area contributed by atoms with E-state index in [0.717, 1.165) is 61.3 Å². The first-order valence-electron chi connectivity index (χ1n) is 17.5. The molecule has 0 fully saturated rings. The molecule has 0 amide bonds. The fourth-order valence-corrected chi connectivity index (χ4v) is 8.03. The summed E-state index contributed by atoms with van der Waals surface area (Å²) in [5.74, 6) is 0.762. The molecule has 4 heterocycles. The summed E-state index contributed by atoms with van der Waals surface area (Å²) >= 11 is 0. The van der Waals surface area contributed by atoms with Crippen LogP contribution in [0.4, 0.5) is 0 Å². The van der Waals surface area contributed by atoms with Gasteiger partial charge in [-0.25, -0.2) is 9.97 Å². The van der Waals surface area contributed by atoms with Crippen LogP contribution >= 0.6 is 0 Å². The zero-order chi connectivity index (χ0) is 34.2. The van der Waals surface area contributed by atoms with Crippen molar-refractivity contribution in [2.75, 3.05) is 0 Å². The number of pyridine rings is 1. The van der Waals surface area contributed by atoms with Gasteiger partial charge in [0, 0.05) is 33.4 Å². The third-order valence-corrected chi connectivity index (χ3v) is 10.3. The van der Waals surface area contributed by atoms with Gasteiger partial charge in [0.1, 0.15) is 5.69 Å². The number of hydrogen-bond donors (Lipinski definition) is 0. The van der Waals surface area contributed by atoms with Crippen molar-refractivity contribution < 1.29 is 0 Å². The SMILES string of the molecule is c1ccc(-n2c3ccc(-c4ccc5c(c4)c4ccccc4n5-c4nc5ccccc5nc4-c4ccccn4)cc3c3c4ccccc4ccc32)cc1. The first-order chi connectivity index (χ1) is 25.8. The van der Waals surface area contributed by atoms with Crippen molar-refractivity contribution in [3.05, 3.63) is 176 Å². The quantitative estimate of drug-likeness (QED) is 0.188. The van der Waals surface area contributed by atoms with Crippen molar-refractivity contribution >= 4 is 65.4 Å². The number of para-hydroxylation sites is 4. The Balaban J connectivity index is 1.16. The number of benzene rings is 7. The largest absolute Gasteiger partial charge is 0.309 e. The van der Waals surface area contributed by atoms with E-state index in [1.807, 2.05) is 48.7 Å². The molecule has 0 aliphatic heterocycles. The Bertz CT molecular complexity index is 3180. The van der Waals surface area contributed by atoms with Gasteiger partial charge in [0.25, 0.3) is 0 Å². The van der Waals surface area contributed by atoms with Gasteiger partial charge in [0.05, 0.1) is 38.8 Å². The van der Waals surface area contributed by atoms with Crippen molar-refractivity contribution in [3.63, 3.8) is 0 Å². The Kier molecular flexibility index (Phi) is 6.18. The van der Waals surface area contributed by atoms with Crippen LogP contribution in [-0.2, 0) is 0 Å². The topological polar surface area (TPSA) is 48.5 Å². The van der Waals surface area contributed by atoms with Gasteiger partial charge in [0.2, 0.25) is 0 Å². The van der Waals surface area contributed by atoms with Crippen LogP contribution in [0.15, 0.2) is 176 Å². The zero-order valence-corrected chi connectivity index (χ0v) is 28.0. The van der Waals surface area contributed by atoms with Crippen LogP contribution in [0.25, 0.3) is 99.4 Å². The Hall–Kier alpha value is -7.11.